The van der Waals surface area contributed by atoms with Crippen molar-refractivity contribution in [3.05, 3.63) is 23.5 Å². The Labute approximate surface area is 124 Å². The zero-order chi connectivity index (χ0) is 14.4. The predicted molar refractivity (Wildman–Crippen MR) is 79.1 cm³/mol. The number of piperidine rings is 1. The van der Waals surface area contributed by atoms with Gasteiger partial charge in [0.1, 0.15) is 5.15 Å². The molecule has 20 heavy (non-hydrogen) atoms. The molecule has 1 N–H and O–H groups in total. The summed E-state index contributed by atoms with van der Waals surface area (Å²) in [6.07, 6.45) is 4.69. The van der Waals surface area contributed by atoms with Crippen LogP contribution >= 0.6 is 11.6 Å². The van der Waals surface area contributed by atoms with Crippen molar-refractivity contribution in [1.82, 2.24) is 9.88 Å². The fourth-order valence-corrected chi connectivity index (χ4v) is 2.31. The fraction of sp³-hybridized carbons (Fsp3) is 0.571. The number of carbonyl (C=O) groups is 1. The smallest absolute Gasteiger partial charge is 0.321 e. The summed E-state index contributed by atoms with van der Waals surface area (Å²) in [7, 11) is 0. The molecule has 2 heterocycles. The van der Waals surface area contributed by atoms with Gasteiger partial charge >= 0.3 is 6.03 Å². The van der Waals surface area contributed by atoms with Gasteiger partial charge in [0.05, 0.1) is 18.0 Å². The SMILES string of the molecule is CCCO[C@@H]1CCCN(C(=O)Nc2ccc(Cl)nc2)C1. The van der Waals surface area contributed by atoms with E-state index in [0.717, 1.165) is 32.4 Å². The van der Waals surface area contributed by atoms with Gasteiger partial charge in [-0.25, -0.2) is 9.78 Å². The van der Waals surface area contributed by atoms with Crippen molar-refractivity contribution in [3.8, 4) is 0 Å². The number of nitrogens with zero attached hydrogens (tertiary/aromatic N) is 2. The average molecular weight is 298 g/mol. The molecule has 0 saturated carbocycles. The Hall–Kier alpha value is -1.33. The summed E-state index contributed by atoms with van der Waals surface area (Å²) in [5.74, 6) is 0. The minimum atomic E-state index is -0.112. The first-order valence-electron chi connectivity index (χ1n) is 6.98. The normalized spacial score (nSPS) is 18.9. The van der Waals surface area contributed by atoms with Crippen LogP contribution in [-0.4, -0.2) is 41.7 Å². The maximum atomic E-state index is 12.2. The van der Waals surface area contributed by atoms with Crippen LogP contribution in [0.15, 0.2) is 18.3 Å². The number of ether oxygens (including phenoxy) is 1. The van der Waals surface area contributed by atoms with Crippen LogP contribution in [0.5, 0.6) is 0 Å². The Kier molecular flexibility index (Phi) is 5.61. The first kappa shape index (κ1) is 15.1. The van der Waals surface area contributed by atoms with Gasteiger partial charge in [-0.2, -0.15) is 0 Å². The Morgan fingerprint density at radius 1 is 1.60 bits per heavy atom. The monoisotopic (exact) mass is 297 g/mol. The molecule has 0 bridgehead atoms. The van der Waals surface area contributed by atoms with Gasteiger partial charge in [0.15, 0.2) is 0 Å². The molecule has 2 amide bonds. The summed E-state index contributed by atoms with van der Waals surface area (Å²) < 4.78 is 5.73. The molecular weight excluding hydrogens is 278 g/mol. The molecule has 1 aliphatic rings. The molecule has 1 aromatic rings. The van der Waals surface area contributed by atoms with Crippen LogP contribution in [0, 0.1) is 0 Å². The number of pyridine rings is 1. The van der Waals surface area contributed by atoms with Crippen molar-refractivity contribution >= 4 is 23.3 Å². The summed E-state index contributed by atoms with van der Waals surface area (Å²) in [5.41, 5.74) is 0.649. The topological polar surface area (TPSA) is 54.5 Å². The zero-order valence-electron chi connectivity index (χ0n) is 11.6. The van der Waals surface area contributed by atoms with Crippen molar-refractivity contribution in [2.24, 2.45) is 0 Å². The molecule has 1 aliphatic heterocycles. The van der Waals surface area contributed by atoms with E-state index in [1.54, 1.807) is 23.2 Å². The lowest BCUT2D eigenvalue weighted by molar-refractivity contribution is 0.0115. The number of nitrogens with one attached hydrogen (secondary N) is 1. The number of urea groups is 1. The number of rotatable bonds is 4. The van der Waals surface area contributed by atoms with E-state index in [4.69, 9.17) is 16.3 Å². The van der Waals surface area contributed by atoms with Crippen molar-refractivity contribution in [2.45, 2.75) is 32.3 Å². The molecule has 0 aliphatic carbocycles. The van der Waals surface area contributed by atoms with Crippen molar-refractivity contribution in [1.29, 1.82) is 0 Å². The quantitative estimate of drug-likeness (QED) is 0.869. The van der Waals surface area contributed by atoms with E-state index in [-0.39, 0.29) is 12.1 Å². The first-order valence-corrected chi connectivity index (χ1v) is 7.36. The highest BCUT2D eigenvalue weighted by Crippen LogP contribution is 2.16. The zero-order valence-corrected chi connectivity index (χ0v) is 12.4. The second kappa shape index (κ2) is 7.45. The summed E-state index contributed by atoms with van der Waals surface area (Å²) in [6.45, 7) is 4.24. The maximum absolute atomic E-state index is 12.2. The molecule has 5 nitrogen and oxygen atoms in total. The number of aromatic nitrogens is 1. The summed E-state index contributed by atoms with van der Waals surface area (Å²) in [6, 6.07) is 3.28. The van der Waals surface area contributed by atoms with Gasteiger partial charge in [0, 0.05) is 19.7 Å². The molecule has 1 fully saturated rings. The Morgan fingerprint density at radius 2 is 2.45 bits per heavy atom. The number of likely N-dealkylation sites (tertiary alicyclic amines) is 1. The second-order valence-corrected chi connectivity index (χ2v) is 5.27. The van der Waals surface area contributed by atoms with Crippen LogP contribution < -0.4 is 5.32 Å². The highest BCUT2D eigenvalue weighted by Gasteiger charge is 2.24. The van der Waals surface area contributed by atoms with E-state index in [9.17, 15) is 4.79 Å². The lowest BCUT2D eigenvalue weighted by atomic mass is 10.1. The first-order chi connectivity index (χ1) is 9.69. The van der Waals surface area contributed by atoms with E-state index < -0.39 is 0 Å². The van der Waals surface area contributed by atoms with Crippen LogP contribution in [0.3, 0.4) is 0 Å². The van der Waals surface area contributed by atoms with Gasteiger partial charge in [0.25, 0.3) is 0 Å². The van der Waals surface area contributed by atoms with Gasteiger partial charge in [-0.05, 0) is 31.4 Å². The van der Waals surface area contributed by atoms with Gasteiger partial charge in [-0.1, -0.05) is 18.5 Å². The molecule has 6 heteroatoms. The van der Waals surface area contributed by atoms with Crippen molar-refractivity contribution < 1.29 is 9.53 Å². The molecule has 0 spiro atoms. The van der Waals surface area contributed by atoms with E-state index in [0.29, 0.717) is 17.4 Å². The third-order valence-corrected chi connectivity index (χ3v) is 3.43. The average Bonchev–Trinajstić information content (AvgIpc) is 2.48. The standard InChI is InChI=1S/C14H20ClN3O2/c1-2-8-20-12-4-3-7-18(10-12)14(19)17-11-5-6-13(15)16-9-11/h5-6,9,12H,2-4,7-8,10H2,1H3,(H,17,19)/t12-/m1/s1. The minimum absolute atomic E-state index is 0.112. The number of amides is 2. The second-order valence-electron chi connectivity index (χ2n) is 4.88. The molecule has 1 aromatic heterocycles. The number of hydrogen-bond acceptors (Lipinski definition) is 3. The van der Waals surface area contributed by atoms with Crippen LogP contribution in [-0.2, 0) is 4.74 Å². The molecule has 0 unspecified atom stereocenters. The number of halogens is 1. The largest absolute Gasteiger partial charge is 0.376 e. The Bertz CT molecular complexity index is 439. The van der Waals surface area contributed by atoms with Crippen LogP contribution in [0.2, 0.25) is 5.15 Å². The van der Waals surface area contributed by atoms with Crippen molar-refractivity contribution in [2.75, 3.05) is 25.0 Å². The lowest BCUT2D eigenvalue weighted by Gasteiger charge is -2.32. The van der Waals surface area contributed by atoms with Crippen LogP contribution in [0.1, 0.15) is 26.2 Å². The van der Waals surface area contributed by atoms with Gasteiger partial charge in [-0.3, -0.25) is 0 Å². The van der Waals surface area contributed by atoms with Gasteiger partial charge in [-0.15, -0.1) is 0 Å². The minimum Gasteiger partial charge on any atom is -0.376 e. The predicted octanol–water partition coefficient (Wildman–Crippen LogP) is 3.16. The van der Waals surface area contributed by atoms with E-state index in [1.807, 2.05) is 0 Å². The molecule has 0 aromatic carbocycles. The summed E-state index contributed by atoms with van der Waals surface area (Å²) in [5, 5.41) is 3.24. The molecule has 110 valence electrons. The number of hydrogen-bond donors (Lipinski definition) is 1. The van der Waals surface area contributed by atoms with Crippen molar-refractivity contribution in [3.63, 3.8) is 0 Å². The third-order valence-electron chi connectivity index (χ3n) is 3.20. The Balaban J connectivity index is 1.86. The van der Waals surface area contributed by atoms with E-state index in [2.05, 4.69) is 17.2 Å². The number of anilines is 1. The molecule has 1 atom stereocenters. The fourth-order valence-electron chi connectivity index (χ4n) is 2.20. The molecular formula is C14H20ClN3O2. The lowest BCUT2D eigenvalue weighted by Crippen LogP contribution is -2.45. The third kappa shape index (κ3) is 4.35. The van der Waals surface area contributed by atoms with Crippen LogP contribution in [0.4, 0.5) is 10.5 Å². The molecule has 0 radical (unpaired) electrons. The molecule has 2 rings (SSSR count). The summed E-state index contributed by atoms with van der Waals surface area (Å²) >= 11 is 5.71. The maximum Gasteiger partial charge on any atom is 0.321 e. The number of carbonyl (C=O) groups excluding carboxylic acids is 1. The van der Waals surface area contributed by atoms with Gasteiger partial charge in [0.2, 0.25) is 0 Å². The van der Waals surface area contributed by atoms with Crippen LogP contribution in [0.25, 0.3) is 0 Å². The molecule has 1 saturated heterocycles. The highest BCUT2D eigenvalue weighted by molar-refractivity contribution is 6.29. The van der Waals surface area contributed by atoms with Gasteiger partial charge < -0.3 is 15.0 Å². The Morgan fingerprint density at radius 3 is 3.15 bits per heavy atom. The summed E-state index contributed by atoms with van der Waals surface area (Å²) in [4.78, 5) is 17.9. The van der Waals surface area contributed by atoms with E-state index in [1.165, 1.54) is 0 Å². The highest BCUT2D eigenvalue weighted by atomic mass is 35.5. The van der Waals surface area contributed by atoms with E-state index >= 15 is 0 Å².